The number of nitrogens with zero attached hydrogens (tertiary/aromatic N) is 3. The number of ether oxygens (including phenoxy) is 4. The van der Waals surface area contributed by atoms with E-state index in [1.165, 1.54) is 29.4 Å². The number of rotatable bonds is 13. The Morgan fingerprint density at radius 1 is 1.09 bits per heavy atom. The van der Waals surface area contributed by atoms with E-state index in [0.717, 1.165) is 12.8 Å². The Labute approximate surface area is 346 Å². The maximum Gasteiger partial charge on any atom is 0.408 e. The molecule has 15 nitrogen and oxygen atoms in total. The second-order valence-corrected chi connectivity index (χ2v) is 18.3. The predicted molar refractivity (Wildman–Crippen MR) is 218 cm³/mol. The van der Waals surface area contributed by atoms with E-state index >= 15 is 0 Å². The summed E-state index contributed by atoms with van der Waals surface area (Å²) in [5, 5.41) is 22.4. The molecule has 7 rings (SSSR count). The lowest BCUT2D eigenvalue weighted by Gasteiger charge is -2.36. The van der Waals surface area contributed by atoms with Crippen molar-refractivity contribution in [3.8, 4) is 22.9 Å². The highest BCUT2D eigenvalue weighted by molar-refractivity contribution is 7.14. The number of amides is 3. The van der Waals surface area contributed by atoms with E-state index < -0.39 is 58.9 Å². The molecule has 3 aliphatic heterocycles. The Bertz CT molecular complexity index is 2090. The number of carboxylic acids is 1. The van der Waals surface area contributed by atoms with Crippen molar-refractivity contribution in [3.63, 3.8) is 0 Å². The monoisotopic (exact) mass is 838 g/mol. The number of carbonyl (C=O) groups excluding carboxylic acids is 3. The fourth-order valence-electron chi connectivity index (χ4n) is 8.20. The fourth-order valence-corrected chi connectivity index (χ4v) is 9.33. The number of benzene rings is 1. The lowest BCUT2D eigenvalue weighted by atomic mass is 9.85. The lowest BCUT2D eigenvalue weighted by Crippen LogP contribution is -2.59. The van der Waals surface area contributed by atoms with Gasteiger partial charge in [-0.25, -0.2) is 19.6 Å². The molecule has 1 unspecified atom stereocenters. The van der Waals surface area contributed by atoms with Gasteiger partial charge in [0.15, 0.2) is 5.13 Å². The van der Waals surface area contributed by atoms with Gasteiger partial charge >= 0.3 is 12.1 Å². The standard InChI is InChI=1S/C41H51ClN6O9S/c1-8-21-17-41(21,37(51)52)47-35(49)29-15-25(18-48(29)36(50)34(40(4,5)6)46-39(53)57-24-13-22-9-10-23(14-24)55-22)56-31-16-27(28-19-58-38(45-28)43-20(2)3)44-33-26(31)11-12-30(54-7)32(33)42/h8,11-12,16,19-25,29,34H,1,9-10,13-15,17-18H2,2-7H3,(H,43,45)(H,46,53)(H,47,49)(H,51,52)/t21?,22-,23+,24-,25-,29+,34-,41-/m1/s1. The third-order valence-corrected chi connectivity index (χ3v) is 12.4. The molecule has 0 spiro atoms. The predicted octanol–water partition coefficient (Wildman–Crippen LogP) is 6.19. The maximum atomic E-state index is 14.7. The molecule has 17 heteroatoms. The molecule has 312 valence electrons. The van der Waals surface area contributed by atoms with E-state index in [1.807, 2.05) is 40.0 Å². The van der Waals surface area contributed by atoms with Crippen LogP contribution in [0, 0.1) is 11.3 Å². The average molecular weight is 839 g/mol. The number of halogens is 1. The zero-order valence-corrected chi connectivity index (χ0v) is 35.1. The van der Waals surface area contributed by atoms with Gasteiger partial charge in [0.2, 0.25) is 11.8 Å². The summed E-state index contributed by atoms with van der Waals surface area (Å²) in [6.45, 7) is 13.1. The molecule has 4 N–H and O–H groups in total. The Morgan fingerprint density at radius 3 is 2.43 bits per heavy atom. The third kappa shape index (κ3) is 8.41. The van der Waals surface area contributed by atoms with Crippen LogP contribution < -0.4 is 25.4 Å². The van der Waals surface area contributed by atoms with E-state index in [4.69, 9.17) is 40.5 Å². The molecule has 1 aliphatic carbocycles. The Morgan fingerprint density at radius 2 is 1.81 bits per heavy atom. The van der Waals surface area contributed by atoms with Crippen LogP contribution in [0.4, 0.5) is 9.93 Å². The van der Waals surface area contributed by atoms with Crippen LogP contribution in [0.2, 0.25) is 5.02 Å². The third-order valence-electron chi connectivity index (χ3n) is 11.3. The topological polar surface area (TPSA) is 191 Å². The number of aromatic nitrogens is 2. The molecular weight excluding hydrogens is 788 g/mol. The maximum absolute atomic E-state index is 14.7. The zero-order valence-electron chi connectivity index (χ0n) is 33.5. The van der Waals surface area contributed by atoms with Crippen LogP contribution in [-0.2, 0) is 23.9 Å². The summed E-state index contributed by atoms with van der Waals surface area (Å²) < 4.78 is 23.9. The van der Waals surface area contributed by atoms with Gasteiger partial charge in [-0.05, 0) is 50.7 Å². The number of pyridine rings is 1. The number of hydrogen-bond acceptors (Lipinski definition) is 12. The van der Waals surface area contributed by atoms with Gasteiger partial charge in [-0.2, -0.15) is 0 Å². The first kappa shape index (κ1) is 41.5. The number of anilines is 1. The van der Waals surface area contributed by atoms with Crippen LogP contribution in [0.5, 0.6) is 11.5 Å². The highest BCUT2D eigenvalue weighted by Gasteiger charge is 2.61. The first-order valence-corrected chi connectivity index (χ1v) is 20.9. The molecule has 4 aliphatic rings. The number of hydrogen-bond donors (Lipinski definition) is 4. The minimum Gasteiger partial charge on any atom is -0.495 e. The molecule has 8 atom stereocenters. The summed E-state index contributed by atoms with van der Waals surface area (Å²) in [4.78, 5) is 65.8. The molecular formula is C41H51ClN6O9S. The molecule has 1 saturated carbocycles. The number of thiazole rings is 1. The second kappa shape index (κ2) is 16.2. The van der Waals surface area contributed by atoms with Crippen molar-refractivity contribution >= 4 is 62.8 Å². The minimum absolute atomic E-state index is 0.0143. The summed E-state index contributed by atoms with van der Waals surface area (Å²) in [5.74, 6) is -2.07. The molecule has 4 fully saturated rings. The smallest absolute Gasteiger partial charge is 0.408 e. The van der Waals surface area contributed by atoms with Gasteiger partial charge in [-0.3, -0.25) is 9.59 Å². The van der Waals surface area contributed by atoms with Crippen molar-refractivity contribution < 1.29 is 43.2 Å². The number of alkyl carbamates (subject to hydrolysis) is 1. The van der Waals surface area contributed by atoms with E-state index in [0.29, 0.717) is 51.8 Å². The van der Waals surface area contributed by atoms with Gasteiger partial charge in [0.25, 0.3) is 0 Å². The quantitative estimate of drug-likeness (QED) is 0.143. The number of likely N-dealkylation sites (tertiary alicyclic amines) is 1. The number of nitrogens with one attached hydrogen (secondary N) is 3. The van der Waals surface area contributed by atoms with Gasteiger partial charge < -0.3 is 44.9 Å². The normalized spacial score (nSPS) is 26.9. The van der Waals surface area contributed by atoms with Gasteiger partial charge in [0.05, 0.1) is 37.1 Å². The van der Waals surface area contributed by atoms with Crippen LogP contribution in [0.1, 0.15) is 73.1 Å². The van der Waals surface area contributed by atoms with Crippen molar-refractivity contribution in [2.24, 2.45) is 11.3 Å². The first-order valence-electron chi connectivity index (χ1n) is 19.7. The first-order chi connectivity index (χ1) is 27.5. The molecule has 1 aromatic carbocycles. The fraction of sp³-hybridized carbons (Fsp3) is 0.561. The zero-order chi connectivity index (χ0) is 41.7. The minimum atomic E-state index is -1.54. The van der Waals surface area contributed by atoms with Crippen molar-refractivity contribution in [1.82, 2.24) is 25.5 Å². The van der Waals surface area contributed by atoms with Crippen LogP contribution >= 0.6 is 22.9 Å². The Hall–Kier alpha value is -4.67. The van der Waals surface area contributed by atoms with Crippen LogP contribution in [0.25, 0.3) is 22.3 Å². The molecule has 58 heavy (non-hydrogen) atoms. The summed E-state index contributed by atoms with van der Waals surface area (Å²) in [7, 11) is 1.51. The van der Waals surface area contributed by atoms with Gasteiger partial charge in [0.1, 0.15) is 52.0 Å². The van der Waals surface area contributed by atoms with E-state index in [2.05, 4.69) is 22.5 Å². The number of carbonyl (C=O) groups is 4. The molecule has 2 aromatic heterocycles. The van der Waals surface area contributed by atoms with Gasteiger partial charge in [0, 0.05) is 48.1 Å². The van der Waals surface area contributed by atoms with E-state index in [1.54, 1.807) is 18.2 Å². The summed E-state index contributed by atoms with van der Waals surface area (Å²) in [6.07, 6.45) is 2.97. The molecule has 2 bridgehead atoms. The van der Waals surface area contributed by atoms with Crippen molar-refractivity contribution in [3.05, 3.63) is 41.3 Å². The summed E-state index contributed by atoms with van der Waals surface area (Å²) in [6, 6.07) is 3.12. The van der Waals surface area contributed by atoms with Gasteiger partial charge in [-0.15, -0.1) is 17.9 Å². The Kier molecular flexibility index (Phi) is 11.6. The number of carboxylic acid groups (broad SMARTS) is 1. The molecule has 5 heterocycles. The Balaban J connectivity index is 1.20. The largest absolute Gasteiger partial charge is 0.495 e. The molecule has 0 radical (unpaired) electrons. The van der Waals surface area contributed by atoms with Crippen LogP contribution in [0.3, 0.4) is 0 Å². The van der Waals surface area contributed by atoms with Gasteiger partial charge in [-0.1, -0.05) is 38.4 Å². The average Bonchev–Trinajstić information content (AvgIpc) is 3.42. The highest BCUT2D eigenvalue weighted by Crippen LogP contribution is 2.45. The van der Waals surface area contributed by atoms with Crippen molar-refractivity contribution in [1.29, 1.82) is 0 Å². The number of aliphatic carboxylic acids is 1. The van der Waals surface area contributed by atoms with E-state index in [-0.39, 0.29) is 48.8 Å². The summed E-state index contributed by atoms with van der Waals surface area (Å²) >= 11 is 8.25. The van der Waals surface area contributed by atoms with Crippen LogP contribution in [0.15, 0.2) is 36.2 Å². The summed E-state index contributed by atoms with van der Waals surface area (Å²) in [5.41, 5.74) is -0.893. The van der Waals surface area contributed by atoms with Crippen molar-refractivity contribution in [2.45, 2.75) is 121 Å². The van der Waals surface area contributed by atoms with E-state index in [9.17, 15) is 24.3 Å². The highest BCUT2D eigenvalue weighted by atomic mass is 35.5. The molecule has 3 aromatic rings. The number of methoxy groups -OCH3 is 1. The second-order valence-electron chi connectivity index (χ2n) is 17.0. The molecule has 3 saturated heterocycles. The lowest BCUT2D eigenvalue weighted by molar-refractivity contribution is -0.146. The van der Waals surface area contributed by atoms with Crippen LogP contribution in [-0.4, -0.2) is 106 Å². The molecule has 3 amide bonds. The SMILES string of the molecule is C=CC1C[C@]1(NC(=O)[C@@H]1C[C@@H](Oc2cc(-c3csc(NC(C)C)n3)nc3c(Cl)c(OC)ccc23)CN1C(=O)[C@@H](NC(=O)O[C@@H]1C[C@H]2CC[C@@H](C1)O2)C(C)(C)C)C(=O)O. The number of fused-ring (bicyclic) bond motifs is 3. The van der Waals surface area contributed by atoms with Crippen molar-refractivity contribution in [2.75, 3.05) is 19.0 Å².